The van der Waals surface area contributed by atoms with E-state index in [0.717, 1.165) is 48.1 Å². The summed E-state index contributed by atoms with van der Waals surface area (Å²) < 4.78 is 6.38. The first kappa shape index (κ1) is 17.6. The van der Waals surface area contributed by atoms with Gasteiger partial charge >= 0.3 is 0 Å². The molecule has 0 unspecified atom stereocenters. The molecule has 2 aliphatic heterocycles. The first-order valence-corrected chi connectivity index (χ1v) is 10.1. The molecule has 2 heterocycles. The number of hydrogen-bond acceptors (Lipinski definition) is 3. The lowest BCUT2D eigenvalue weighted by atomic mass is 9.81. The first-order valence-electron chi connectivity index (χ1n) is 10.1. The van der Waals surface area contributed by atoms with Gasteiger partial charge in [0, 0.05) is 31.8 Å². The summed E-state index contributed by atoms with van der Waals surface area (Å²) in [5.74, 6) is 1.46. The highest BCUT2D eigenvalue weighted by molar-refractivity contribution is 6.00. The molecule has 1 aromatic rings. The number of Topliss-reactive ketones (excluding diaryl/α,β-unsaturated/α-hetero) is 1. The predicted octanol–water partition coefficient (Wildman–Crippen LogP) is 4.21. The average molecular weight is 355 g/mol. The number of carbonyl (C=O) groups excluding carboxylic acids is 2. The number of likely N-dealkylation sites (tertiary alicyclic amines) is 1. The van der Waals surface area contributed by atoms with Crippen LogP contribution >= 0.6 is 0 Å². The number of nitrogens with zero attached hydrogens (tertiary/aromatic N) is 1. The van der Waals surface area contributed by atoms with Crippen molar-refractivity contribution in [3.8, 4) is 5.75 Å². The van der Waals surface area contributed by atoms with Crippen LogP contribution in [0.25, 0.3) is 0 Å². The second-order valence-electron chi connectivity index (χ2n) is 8.48. The monoisotopic (exact) mass is 355 g/mol. The molecule has 0 atom stereocenters. The number of hydrogen-bond donors (Lipinski definition) is 0. The Morgan fingerprint density at radius 1 is 1.08 bits per heavy atom. The van der Waals surface area contributed by atoms with Crippen LogP contribution in [-0.2, 0) is 4.79 Å². The maximum absolute atomic E-state index is 12.8. The largest absolute Gasteiger partial charge is 0.486 e. The number of piperidine rings is 1. The number of rotatable bonds is 1. The van der Waals surface area contributed by atoms with Crippen molar-refractivity contribution in [2.75, 3.05) is 13.1 Å². The standard InChI is InChI=1S/C22H29NO3/c1-15-12-18-19(24)14-22(26-20(18)13-16(15)2)8-10-23(11-9-22)21(25)17-6-4-3-5-7-17/h12-13,17H,3-11,14H2,1-2H3. The summed E-state index contributed by atoms with van der Waals surface area (Å²) in [5.41, 5.74) is 2.58. The number of fused-ring (bicyclic) bond motifs is 1. The maximum atomic E-state index is 12.8. The van der Waals surface area contributed by atoms with Crippen molar-refractivity contribution in [1.29, 1.82) is 0 Å². The molecule has 1 saturated carbocycles. The number of aryl methyl sites for hydroxylation is 2. The zero-order valence-corrected chi connectivity index (χ0v) is 16.0. The van der Waals surface area contributed by atoms with Crippen molar-refractivity contribution in [2.24, 2.45) is 5.92 Å². The summed E-state index contributed by atoms with van der Waals surface area (Å²) in [5, 5.41) is 0. The van der Waals surface area contributed by atoms with Gasteiger partial charge in [-0.3, -0.25) is 9.59 Å². The summed E-state index contributed by atoms with van der Waals surface area (Å²) in [6.45, 7) is 5.50. The van der Waals surface area contributed by atoms with E-state index in [1.54, 1.807) is 0 Å². The van der Waals surface area contributed by atoms with Gasteiger partial charge in [-0.25, -0.2) is 0 Å². The summed E-state index contributed by atoms with van der Waals surface area (Å²) in [7, 11) is 0. The van der Waals surface area contributed by atoms with E-state index in [4.69, 9.17) is 4.74 Å². The highest BCUT2D eigenvalue weighted by Gasteiger charge is 2.44. The van der Waals surface area contributed by atoms with Gasteiger partial charge in [-0.15, -0.1) is 0 Å². The Morgan fingerprint density at radius 3 is 2.42 bits per heavy atom. The normalized spacial score (nSPS) is 22.8. The highest BCUT2D eigenvalue weighted by atomic mass is 16.5. The van der Waals surface area contributed by atoms with E-state index in [1.807, 2.05) is 24.0 Å². The molecule has 1 aromatic carbocycles. The fourth-order valence-electron chi connectivity index (χ4n) is 4.77. The van der Waals surface area contributed by atoms with Crippen LogP contribution in [-0.4, -0.2) is 35.3 Å². The predicted molar refractivity (Wildman–Crippen MR) is 101 cm³/mol. The van der Waals surface area contributed by atoms with E-state index in [2.05, 4.69) is 6.92 Å². The van der Waals surface area contributed by atoms with Crippen LogP contribution in [0.4, 0.5) is 0 Å². The Kier molecular flexibility index (Phi) is 4.54. The van der Waals surface area contributed by atoms with Crippen LogP contribution in [0, 0.1) is 19.8 Å². The molecule has 1 amide bonds. The van der Waals surface area contributed by atoms with Crippen molar-refractivity contribution in [2.45, 2.75) is 70.8 Å². The Morgan fingerprint density at radius 2 is 1.73 bits per heavy atom. The van der Waals surface area contributed by atoms with Crippen molar-refractivity contribution in [1.82, 2.24) is 4.90 Å². The molecule has 0 N–H and O–H groups in total. The van der Waals surface area contributed by atoms with Crippen molar-refractivity contribution < 1.29 is 14.3 Å². The number of benzene rings is 1. The van der Waals surface area contributed by atoms with E-state index < -0.39 is 5.60 Å². The van der Waals surface area contributed by atoms with Crippen molar-refractivity contribution in [3.63, 3.8) is 0 Å². The molecule has 0 aromatic heterocycles. The Hall–Kier alpha value is -1.84. The quantitative estimate of drug-likeness (QED) is 0.758. The fourth-order valence-corrected chi connectivity index (χ4v) is 4.77. The minimum absolute atomic E-state index is 0.182. The molecule has 0 radical (unpaired) electrons. The van der Waals surface area contributed by atoms with E-state index in [0.29, 0.717) is 25.4 Å². The lowest BCUT2D eigenvalue weighted by Crippen LogP contribution is -2.53. The van der Waals surface area contributed by atoms with Crippen LogP contribution in [0.2, 0.25) is 0 Å². The Balaban J connectivity index is 1.46. The number of ketones is 1. The Bertz CT molecular complexity index is 725. The van der Waals surface area contributed by atoms with E-state index in [1.165, 1.54) is 19.3 Å². The van der Waals surface area contributed by atoms with E-state index >= 15 is 0 Å². The van der Waals surface area contributed by atoms with Gasteiger partial charge in [-0.05, 0) is 49.9 Å². The number of amides is 1. The SMILES string of the molecule is Cc1cc2c(cc1C)C(=O)CC1(CCN(C(=O)C3CCCCC3)CC1)O2. The first-order chi connectivity index (χ1) is 12.5. The van der Waals surface area contributed by atoms with Gasteiger partial charge < -0.3 is 9.64 Å². The average Bonchev–Trinajstić information content (AvgIpc) is 2.64. The third-order valence-corrected chi connectivity index (χ3v) is 6.65. The summed E-state index contributed by atoms with van der Waals surface area (Å²) in [6.07, 6.45) is 7.66. The van der Waals surface area contributed by atoms with Gasteiger partial charge in [0.15, 0.2) is 5.78 Å². The molecule has 4 rings (SSSR count). The molecule has 4 nitrogen and oxygen atoms in total. The summed E-state index contributed by atoms with van der Waals surface area (Å²) >= 11 is 0. The van der Waals surface area contributed by atoms with Gasteiger partial charge in [-0.2, -0.15) is 0 Å². The van der Waals surface area contributed by atoms with Gasteiger partial charge in [0.05, 0.1) is 12.0 Å². The van der Waals surface area contributed by atoms with Gasteiger partial charge in [-0.1, -0.05) is 19.3 Å². The minimum Gasteiger partial charge on any atom is -0.486 e. The molecule has 2 fully saturated rings. The lowest BCUT2D eigenvalue weighted by Gasteiger charge is -2.44. The van der Waals surface area contributed by atoms with Gasteiger partial charge in [0.25, 0.3) is 0 Å². The van der Waals surface area contributed by atoms with Crippen LogP contribution < -0.4 is 4.74 Å². The van der Waals surface area contributed by atoms with Crippen LogP contribution in [0.1, 0.15) is 72.9 Å². The fraction of sp³-hybridized carbons (Fsp3) is 0.636. The van der Waals surface area contributed by atoms with Crippen molar-refractivity contribution in [3.05, 3.63) is 28.8 Å². The van der Waals surface area contributed by atoms with Crippen LogP contribution in [0.3, 0.4) is 0 Å². The molecule has 1 aliphatic carbocycles. The smallest absolute Gasteiger partial charge is 0.225 e. The second-order valence-corrected chi connectivity index (χ2v) is 8.48. The minimum atomic E-state index is -0.422. The molecular formula is C22H29NO3. The summed E-state index contributed by atoms with van der Waals surface area (Å²) in [4.78, 5) is 27.5. The molecular weight excluding hydrogens is 326 g/mol. The number of carbonyl (C=O) groups is 2. The molecule has 1 saturated heterocycles. The lowest BCUT2D eigenvalue weighted by molar-refractivity contribution is -0.140. The molecule has 4 heteroatoms. The third kappa shape index (κ3) is 3.15. The molecule has 140 valence electrons. The molecule has 0 bridgehead atoms. The number of ether oxygens (including phenoxy) is 1. The van der Waals surface area contributed by atoms with Gasteiger partial charge in [0.1, 0.15) is 11.4 Å². The van der Waals surface area contributed by atoms with E-state index in [-0.39, 0.29) is 11.7 Å². The topological polar surface area (TPSA) is 46.6 Å². The van der Waals surface area contributed by atoms with E-state index in [9.17, 15) is 9.59 Å². The Labute approximate surface area is 155 Å². The summed E-state index contributed by atoms with van der Waals surface area (Å²) in [6, 6.07) is 3.96. The third-order valence-electron chi connectivity index (χ3n) is 6.65. The van der Waals surface area contributed by atoms with Crippen molar-refractivity contribution >= 4 is 11.7 Å². The molecule has 26 heavy (non-hydrogen) atoms. The highest BCUT2D eigenvalue weighted by Crippen LogP contribution is 2.40. The van der Waals surface area contributed by atoms with Crippen LogP contribution in [0.15, 0.2) is 12.1 Å². The van der Waals surface area contributed by atoms with Gasteiger partial charge in [0.2, 0.25) is 5.91 Å². The zero-order chi connectivity index (χ0) is 18.3. The maximum Gasteiger partial charge on any atom is 0.225 e. The second kappa shape index (κ2) is 6.71. The molecule has 3 aliphatic rings. The molecule has 1 spiro atoms. The zero-order valence-electron chi connectivity index (χ0n) is 16.0. The van der Waals surface area contributed by atoms with Crippen LogP contribution in [0.5, 0.6) is 5.75 Å².